The number of benzene rings is 1. The summed E-state index contributed by atoms with van der Waals surface area (Å²) in [5.74, 6) is 1.87. The van der Waals surface area contributed by atoms with Gasteiger partial charge in [0.2, 0.25) is 5.91 Å². The number of carbonyl (C=O) groups excluding carboxylic acids is 2. The minimum absolute atomic E-state index is 0.0929. The van der Waals surface area contributed by atoms with Crippen molar-refractivity contribution >= 4 is 11.8 Å². The first-order chi connectivity index (χ1) is 13.9. The highest BCUT2D eigenvalue weighted by Gasteiger charge is 2.50. The van der Waals surface area contributed by atoms with Crippen molar-refractivity contribution in [2.24, 2.45) is 11.8 Å². The molecular formula is C23H33N3O3. The molecule has 3 saturated heterocycles. The van der Waals surface area contributed by atoms with Gasteiger partial charge in [0.05, 0.1) is 7.11 Å². The maximum absolute atomic E-state index is 13.5. The van der Waals surface area contributed by atoms with Crippen LogP contribution in [0.4, 0.5) is 0 Å². The van der Waals surface area contributed by atoms with Gasteiger partial charge in [-0.05, 0) is 64.3 Å². The number of hydrogen-bond acceptors (Lipinski definition) is 4. The Morgan fingerprint density at radius 3 is 2.72 bits per heavy atom. The topological polar surface area (TPSA) is 53.1 Å². The van der Waals surface area contributed by atoms with Crippen LogP contribution in [-0.2, 0) is 4.79 Å². The van der Waals surface area contributed by atoms with Crippen LogP contribution in [0.1, 0.15) is 41.6 Å². The van der Waals surface area contributed by atoms with Gasteiger partial charge in [-0.1, -0.05) is 6.07 Å². The van der Waals surface area contributed by atoms with E-state index in [9.17, 15) is 9.59 Å². The maximum Gasteiger partial charge on any atom is 0.254 e. The normalized spacial score (nSPS) is 29.1. The van der Waals surface area contributed by atoms with Crippen molar-refractivity contribution in [3.05, 3.63) is 29.3 Å². The molecule has 6 nitrogen and oxygen atoms in total. The summed E-state index contributed by atoms with van der Waals surface area (Å²) in [6, 6.07) is 6.16. The molecule has 0 saturated carbocycles. The zero-order valence-corrected chi connectivity index (χ0v) is 18.1. The van der Waals surface area contributed by atoms with Gasteiger partial charge in [-0.25, -0.2) is 0 Å². The highest BCUT2D eigenvalue weighted by molar-refractivity contribution is 5.96. The summed E-state index contributed by atoms with van der Waals surface area (Å²) in [4.78, 5) is 32.7. The van der Waals surface area contributed by atoms with Crippen LogP contribution in [0.15, 0.2) is 18.2 Å². The molecule has 2 bridgehead atoms. The molecule has 3 aliphatic rings. The van der Waals surface area contributed by atoms with Crippen LogP contribution in [0.25, 0.3) is 0 Å². The lowest BCUT2D eigenvalue weighted by molar-refractivity contribution is -0.152. The van der Waals surface area contributed by atoms with E-state index in [2.05, 4.69) is 23.9 Å². The number of methoxy groups -OCH3 is 1. The maximum atomic E-state index is 13.5. The van der Waals surface area contributed by atoms with Crippen LogP contribution in [0.5, 0.6) is 5.75 Å². The molecule has 0 N–H and O–H groups in total. The van der Waals surface area contributed by atoms with Gasteiger partial charge in [0.1, 0.15) is 5.75 Å². The van der Waals surface area contributed by atoms with Crippen LogP contribution in [0.3, 0.4) is 0 Å². The highest BCUT2D eigenvalue weighted by Crippen LogP contribution is 2.42. The van der Waals surface area contributed by atoms with Crippen molar-refractivity contribution in [2.45, 2.75) is 44.7 Å². The Hall–Kier alpha value is -2.08. The molecule has 3 aliphatic heterocycles. The Bertz CT molecular complexity index is 794. The molecule has 3 heterocycles. The fraction of sp³-hybridized carbons (Fsp3) is 0.652. The summed E-state index contributed by atoms with van der Waals surface area (Å²) in [5, 5.41) is 0. The number of rotatable bonds is 4. The zero-order chi connectivity index (χ0) is 20.7. The first-order valence-electron chi connectivity index (χ1n) is 10.8. The number of carbonyl (C=O) groups is 2. The van der Waals surface area contributed by atoms with Gasteiger partial charge < -0.3 is 19.4 Å². The summed E-state index contributed by atoms with van der Waals surface area (Å²) in [5.41, 5.74) is 1.63. The Kier molecular flexibility index (Phi) is 5.56. The van der Waals surface area contributed by atoms with E-state index < -0.39 is 0 Å². The molecule has 2 amide bonds. The van der Waals surface area contributed by atoms with Crippen molar-refractivity contribution in [2.75, 3.05) is 40.8 Å². The standard InChI is InChI=1S/C23H33N3O3/c1-15-18(7-5-9-21(15)29-4)23(28)25-12-16-11-17(13-25)20(14-24(2)3)26-19(16)8-6-10-22(26)27/h5,7,9,16-17,19-20H,6,8,10-14H2,1-4H3/t16-,17+,19+,20+/m1/s1. The summed E-state index contributed by atoms with van der Waals surface area (Å²) in [6.07, 6.45) is 3.82. The fourth-order valence-corrected chi connectivity index (χ4v) is 5.79. The number of hydrogen-bond donors (Lipinski definition) is 0. The molecule has 6 heteroatoms. The van der Waals surface area contributed by atoms with Gasteiger partial charge in [0.15, 0.2) is 0 Å². The first-order valence-corrected chi connectivity index (χ1v) is 10.8. The van der Waals surface area contributed by atoms with Crippen LogP contribution < -0.4 is 4.74 Å². The third kappa shape index (κ3) is 3.63. The number of fused-ring (bicyclic) bond motifs is 4. The highest BCUT2D eigenvalue weighted by atomic mass is 16.5. The molecule has 0 aromatic heterocycles. The Morgan fingerprint density at radius 2 is 2.00 bits per heavy atom. The molecule has 0 aliphatic carbocycles. The third-order valence-electron chi connectivity index (χ3n) is 7.07. The van der Waals surface area contributed by atoms with Crippen LogP contribution in [0, 0.1) is 18.8 Å². The largest absolute Gasteiger partial charge is 0.496 e. The van der Waals surface area contributed by atoms with Crippen LogP contribution >= 0.6 is 0 Å². The van der Waals surface area contributed by atoms with Gasteiger partial charge in [-0.2, -0.15) is 0 Å². The second-order valence-corrected chi connectivity index (χ2v) is 9.19. The van der Waals surface area contributed by atoms with E-state index >= 15 is 0 Å². The van der Waals surface area contributed by atoms with Gasteiger partial charge in [0, 0.05) is 49.3 Å². The van der Waals surface area contributed by atoms with E-state index in [-0.39, 0.29) is 18.0 Å². The minimum Gasteiger partial charge on any atom is -0.496 e. The lowest BCUT2D eigenvalue weighted by Crippen LogP contribution is -2.67. The monoisotopic (exact) mass is 399 g/mol. The zero-order valence-electron chi connectivity index (χ0n) is 18.1. The van der Waals surface area contributed by atoms with Crippen molar-refractivity contribution in [3.63, 3.8) is 0 Å². The van der Waals surface area contributed by atoms with Crippen molar-refractivity contribution < 1.29 is 14.3 Å². The van der Waals surface area contributed by atoms with Gasteiger partial charge >= 0.3 is 0 Å². The molecule has 0 spiro atoms. The van der Waals surface area contributed by atoms with E-state index in [0.29, 0.717) is 24.2 Å². The van der Waals surface area contributed by atoms with E-state index in [1.807, 2.05) is 30.0 Å². The summed E-state index contributed by atoms with van der Waals surface area (Å²) in [7, 11) is 5.78. The summed E-state index contributed by atoms with van der Waals surface area (Å²) >= 11 is 0. The number of ether oxygens (including phenoxy) is 1. The minimum atomic E-state index is 0.0929. The summed E-state index contributed by atoms with van der Waals surface area (Å²) in [6.45, 7) is 4.28. The lowest BCUT2D eigenvalue weighted by atomic mass is 9.71. The fourth-order valence-electron chi connectivity index (χ4n) is 5.79. The van der Waals surface area contributed by atoms with Crippen molar-refractivity contribution in [1.29, 1.82) is 0 Å². The van der Waals surface area contributed by atoms with E-state index in [4.69, 9.17) is 4.74 Å². The molecular weight excluding hydrogens is 366 g/mol. The van der Waals surface area contributed by atoms with Gasteiger partial charge in [0.25, 0.3) is 5.91 Å². The number of piperidine rings is 3. The average Bonchev–Trinajstić information content (AvgIpc) is 2.70. The Morgan fingerprint density at radius 1 is 1.24 bits per heavy atom. The molecule has 0 unspecified atom stereocenters. The van der Waals surface area contributed by atoms with Crippen molar-refractivity contribution in [1.82, 2.24) is 14.7 Å². The van der Waals surface area contributed by atoms with E-state index in [1.54, 1.807) is 7.11 Å². The number of amides is 2. The van der Waals surface area contributed by atoms with Gasteiger partial charge in [-0.15, -0.1) is 0 Å². The predicted octanol–water partition coefficient (Wildman–Crippen LogP) is 2.41. The van der Waals surface area contributed by atoms with Crippen LogP contribution in [0.2, 0.25) is 0 Å². The first kappa shape index (κ1) is 20.2. The predicted molar refractivity (Wildman–Crippen MR) is 112 cm³/mol. The van der Waals surface area contributed by atoms with Crippen LogP contribution in [-0.4, -0.2) is 79.4 Å². The number of likely N-dealkylation sites (N-methyl/N-ethyl adjacent to an activating group) is 1. The summed E-state index contributed by atoms with van der Waals surface area (Å²) < 4.78 is 5.42. The molecule has 1 aromatic rings. The molecule has 3 fully saturated rings. The second kappa shape index (κ2) is 7.98. The smallest absolute Gasteiger partial charge is 0.254 e. The number of nitrogens with zero attached hydrogens (tertiary/aromatic N) is 3. The molecule has 29 heavy (non-hydrogen) atoms. The molecule has 4 atom stereocenters. The molecule has 4 rings (SSSR count). The van der Waals surface area contributed by atoms with E-state index in [0.717, 1.165) is 55.8 Å². The Balaban J connectivity index is 1.62. The SMILES string of the molecule is COc1cccc(C(=O)N2C[C@H]3C[C@@H](C2)[C@H](CN(C)C)N2C(=O)CCC[C@@H]32)c1C. The molecule has 0 radical (unpaired) electrons. The second-order valence-electron chi connectivity index (χ2n) is 9.19. The Labute approximate surface area is 173 Å². The van der Waals surface area contributed by atoms with E-state index in [1.165, 1.54) is 0 Å². The lowest BCUT2D eigenvalue weighted by Gasteiger charge is -2.57. The quantitative estimate of drug-likeness (QED) is 0.780. The molecule has 158 valence electrons. The third-order valence-corrected chi connectivity index (χ3v) is 7.07. The number of likely N-dealkylation sites (tertiary alicyclic amines) is 1. The molecule has 1 aromatic carbocycles. The van der Waals surface area contributed by atoms with Crippen molar-refractivity contribution in [3.8, 4) is 5.75 Å². The van der Waals surface area contributed by atoms with Gasteiger partial charge in [-0.3, -0.25) is 9.59 Å². The average molecular weight is 400 g/mol.